The van der Waals surface area contributed by atoms with Crippen LogP contribution in [0.5, 0.6) is 0 Å². The van der Waals surface area contributed by atoms with Crippen molar-refractivity contribution in [1.29, 1.82) is 0 Å². The first-order chi connectivity index (χ1) is 8.96. The summed E-state index contributed by atoms with van der Waals surface area (Å²) in [6.07, 6.45) is 3.38. The normalized spacial score (nSPS) is 11.2. The summed E-state index contributed by atoms with van der Waals surface area (Å²) in [5.74, 6) is -2.37. The summed E-state index contributed by atoms with van der Waals surface area (Å²) < 4.78 is 26.6. The van der Waals surface area contributed by atoms with E-state index in [4.69, 9.17) is 5.11 Å². The average molecular weight is 281 g/mol. The minimum absolute atomic E-state index is 0.303. The van der Waals surface area contributed by atoms with Crippen molar-refractivity contribution in [3.8, 4) is 5.69 Å². The first-order valence-electron chi connectivity index (χ1n) is 5.29. The minimum atomic E-state index is -3.87. The third-order valence-electron chi connectivity index (χ3n) is 2.22. The first-order valence-corrected chi connectivity index (χ1v) is 6.94. The fourth-order valence-electron chi connectivity index (χ4n) is 1.48. The number of aliphatic carboxylic acids is 1. The van der Waals surface area contributed by atoms with Crippen LogP contribution in [0.25, 0.3) is 5.69 Å². The van der Waals surface area contributed by atoms with E-state index >= 15 is 0 Å². The van der Waals surface area contributed by atoms with Crippen molar-refractivity contribution in [3.05, 3.63) is 42.7 Å². The number of anilines is 1. The predicted octanol–water partition coefficient (Wildman–Crippen LogP) is 0.699. The van der Waals surface area contributed by atoms with Gasteiger partial charge in [0, 0.05) is 18.1 Å². The number of hydrogen-bond acceptors (Lipinski definition) is 4. The number of nitrogens with one attached hydrogen (secondary N) is 1. The van der Waals surface area contributed by atoms with Gasteiger partial charge in [-0.2, -0.15) is 5.10 Å². The number of rotatable bonds is 5. The van der Waals surface area contributed by atoms with E-state index in [2.05, 4.69) is 9.82 Å². The summed E-state index contributed by atoms with van der Waals surface area (Å²) in [4.78, 5) is 10.4. The topological polar surface area (TPSA) is 101 Å². The molecule has 0 saturated heterocycles. The summed E-state index contributed by atoms with van der Waals surface area (Å²) in [6, 6.07) is 8.19. The van der Waals surface area contributed by atoms with Gasteiger partial charge in [0.1, 0.15) is 0 Å². The van der Waals surface area contributed by atoms with Crippen LogP contribution in [0.1, 0.15) is 0 Å². The molecular weight excluding hydrogens is 270 g/mol. The second-order valence-electron chi connectivity index (χ2n) is 3.75. The molecule has 0 unspecified atom stereocenters. The quantitative estimate of drug-likeness (QED) is 0.840. The molecule has 7 nitrogen and oxygen atoms in total. The summed E-state index contributed by atoms with van der Waals surface area (Å²) in [5.41, 5.74) is 1.07. The highest BCUT2D eigenvalue weighted by Gasteiger charge is 2.15. The van der Waals surface area contributed by atoms with Crippen molar-refractivity contribution >= 4 is 21.7 Å². The molecule has 0 aliphatic rings. The van der Waals surface area contributed by atoms with E-state index in [1.165, 1.54) is 12.1 Å². The van der Waals surface area contributed by atoms with Gasteiger partial charge in [0.2, 0.25) is 10.0 Å². The van der Waals surface area contributed by atoms with Crippen molar-refractivity contribution in [2.75, 3.05) is 10.5 Å². The molecular formula is C11H11N3O4S. The third kappa shape index (κ3) is 3.55. The molecule has 0 atom stereocenters. The number of aromatic nitrogens is 2. The van der Waals surface area contributed by atoms with Crippen LogP contribution in [0, 0.1) is 0 Å². The lowest BCUT2D eigenvalue weighted by atomic mass is 10.3. The van der Waals surface area contributed by atoms with E-state index in [9.17, 15) is 13.2 Å². The Balaban J connectivity index is 2.13. The molecule has 0 aliphatic heterocycles. The Morgan fingerprint density at radius 3 is 2.53 bits per heavy atom. The summed E-state index contributed by atoms with van der Waals surface area (Å²) in [6.45, 7) is 0. The third-order valence-corrected chi connectivity index (χ3v) is 3.40. The van der Waals surface area contributed by atoms with Gasteiger partial charge in [0.05, 0.1) is 5.69 Å². The Morgan fingerprint density at radius 1 is 1.32 bits per heavy atom. The van der Waals surface area contributed by atoms with Crippen molar-refractivity contribution in [3.63, 3.8) is 0 Å². The Kier molecular flexibility index (Phi) is 3.52. The molecule has 0 amide bonds. The van der Waals surface area contributed by atoms with Crippen LogP contribution in [-0.4, -0.2) is 35.0 Å². The van der Waals surface area contributed by atoms with Crippen molar-refractivity contribution in [2.24, 2.45) is 0 Å². The zero-order valence-electron chi connectivity index (χ0n) is 9.72. The molecule has 2 rings (SSSR count). The fourth-order valence-corrected chi connectivity index (χ4v) is 2.37. The van der Waals surface area contributed by atoms with Crippen LogP contribution in [0.2, 0.25) is 0 Å². The molecule has 1 aromatic heterocycles. The highest BCUT2D eigenvalue weighted by molar-refractivity contribution is 7.93. The fraction of sp³-hybridized carbons (Fsp3) is 0.0909. The van der Waals surface area contributed by atoms with Crippen molar-refractivity contribution in [1.82, 2.24) is 9.78 Å². The molecule has 1 aromatic carbocycles. The summed E-state index contributed by atoms with van der Waals surface area (Å²) >= 11 is 0. The van der Waals surface area contributed by atoms with Crippen LogP contribution >= 0.6 is 0 Å². The Labute approximate surface area is 109 Å². The standard InChI is InChI=1S/C11H11N3O4S/c15-11(16)8-19(17,18)13-9-2-4-10(5-3-9)14-7-1-6-12-14/h1-7,13H,8H2,(H,15,16). The maximum absolute atomic E-state index is 11.4. The monoisotopic (exact) mass is 281 g/mol. The smallest absolute Gasteiger partial charge is 0.320 e. The number of carboxylic acid groups (broad SMARTS) is 1. The Morgan fingerprint density at radius 2 is 2.00 bits per heavy atom. The molecule has 1 heterocycles. The van der Waals surface area contributed by atoms with Crippen LogP contribution in [0.15, 0.2) is 42.7 Å². The Bertz CT molecular complexity index is 662. The largest absolute Gasteiger partial charge is 0.480 e. The summed E-state index contributed by atoms with van der Waals surface area (Å²) in [5, 5.41) is 12.5. The van der Waals surface area contributed by atoms with Gasteiger partial charge >= 0.3 is 5.97 Å². The first kappa shape index (κ1) is 13.1. The number of carbonyl (C=O) groups is 1. The molecule has 19 heavy (non-hydrogen) atoms. The van der Waals surface area contributed by atoms with Crippen LogP contribution in [0.4, 0.5) is 5.69 Å². The molecule has 0 aliphatic carbocycles. The van der Waals surface area contributed by atoms with Gasteiger partial charge in [0.15, 0.2) is 5.75 Å². The zero-order chi connectivity index (χ0) is 13.9. The second-order valence-corrected chi connectivity index (χ2v) is 5.47. The number of carboxylic acids is 1. The highest BCUT2D eigenvalue weighted by Crippen LogP contribution is 2.13. The average Bonchev–Trinajstić information content (AvgIpc) is 2.81. The van der Waals surface area contributed by atoms with Crippen LogP contribution in [-0.2, 0) is 14.8 Å². The van der Waals surface area contributed by atoms with Gasteiger partial charge in [-0.3, -0.25) is 9.52 Å². The lowest BCUT2D eigenvalue weighted by Crippen LogP contribution is -2.22. The molecule has 0 radical (unpaired) electrons. The highest BCUT2D eigenvalue weighted by atomic mass is 32.2. The maximum atomic E-state index is 11.4. The predicted molar refractivity (Wildman–Crippen MR) is 68.6 cm³/mol. The molecule has 0 spiro atoms. The second kappa shape index (κ2) is 5.11. The molecule has 2 aromatic rings. The van der Waals surface area contributed by atoms with Gasteiger partial charge in [-0.1, -0.05) is 0 Å². The molecule has 8 heteroatoms. The zero-order valence-corrected chi connectivity index (χ0v) is 10.5. The number of sulfonamides is 1. The lowest BCUT2D eigenvalue weighted by molar-refractivity contribution is -0.134. The van der Waals surface area contributed by atoms with E-state index in [1.54, 1.807) is 35.3 Å². The SMILES string of the molecule is O=C(O)CS(=O)(=O)Nc1ccc(-n2cccn2)cc1. The van der Waals surface area contributed by atoms with Crippen molar-refractivity contribution < 1.29 is 18.3 Å². The Hall–Kier alpha value is -2.35. The van der Waals surface area contributed by atoms with Crippen LogP contribution in [0.3, 0.4) is 0 Å². The van der Waals surface area contributed by atoms with E-state index in [1.807, 2.05) is 0 Å². The number of hydrogen-bond donors (Lipinski definition) is 2. The summed E-state index contributed by atoms with van der Waals surface area (Å²) in [7, 11) is -3.87. The van der Waals surface area contributed by atoms with E-state index in [-0.39, 0.29) is 0 Å². The van der Waals surface area contributed by atoms with Gasteiger partial charge in [-0.15, -0.1) is 0 Å². The number of nitrogens with zero attached hydrogens (tertiary/aromatic N) is 2. The molecule has 100 valence electrons. The van der Waals surface area contributed by atoms with Gasteiger partial charge in [0.25, 0.3) is 0 Å². The van der Waals surface area contributed by atoms with Gasteiger partial charge < -0.3 is 5.11 Å². The van der Waals surface area contributed by atoms with E-state index in [0.29, 0.717) is 5.69 Å². The van der Waals surface area contributed by atoms with Gasteiger partial charge in [-0.05, 0) is 30.3 Å². The lowest BCUT2D eigenvalue weighted by Gasteiger charge is -2.07. The molecule has 0 saturated carbocycles. The molecule has 2 N–H and O–H groups in total. The van der Waals surface area contributed by atoms with Gasteiger partial charge in [-0.25, -0.2) is 13.1 Å². The number of benzene rings is 1. The maximum Gasteiger partial charge on any atom is 0.320 e. The van der Waals surface area contributed by atoms with Crippen LogP contribution < -0.4 is 4.72 Å². The molecule has 0 bridgehead atoms. The minimum Gasteiger partial charge on any atom is -0.480 e. The molecule has 0 fully saturated rings. The van der Waals surface area contributed by atoms with E-state index in [0.717, 1.165) is 5.69 Å². The van der Waals surface area contributed by atoms with E-state index < -0.39 is 21.7 Å². The van der Waals surface area contributed by atoms with Crippen molar-refractivity contribution in [2.45, 2.75) is 0 Å².